The van der Waals surface area contributed by atoms with E-state index >= 15 is 0 Å². The van der Waals surface area contributed by atoms with E-state index in [1.807, 2.05) is 13.8 Å². The highest BCUT2D eigenvalue weighted by molar-refractivity contribution is 7.89. The Morgan fingerprint density at radius 2 is 1.88 bits per heavy atom. The molecule has 1 saturated carbocycles. The summed E-state index contributed by atoms with van der Waals surface area (Å²) in [5.41, 5.74) is -0.397. The maximum Gasteiger partial charge on any atom is 0.209 e. The summed E-state index contributed by atoms with van der Waals surface area (Å²) in [6.45, 7) is 4.95. The Morgan fingerprint density at radius 3 is 2.38 bits per heavy atom. The molecule has 5 heteroatoms. The fourth-order valence-electron chi connectivity index (χ4n) is 2.27. The lowest BCUT2D eigenvalue weighted by Crippen LogP contribution is -2.33. The van der Waals surface area contributed by atoms with E-state index in [0.29, 0.717) is 12.5 Å². The van der Waals surface area contributed by atoms with Gasteiger partial charge in [0, 0.05) is 12.0 Å². The van der Waals surface area contributed by atoms with Crippen LogP contribution in [0.25, 0.3) is 0 Å². The molecule has 0 saturated heterocycles. The Kier molecular flexibility index (Phi) is 4.76. The third kappa shape index (κ3) is 5.82. The molecule has 0 aromatic rings. The van der Waals surface area contributed by atoms with Crippen molar-refractivity contribution in [3.63, 3.8) is 0 Å². The van der Waals surface area contributed by atoms with E-state index in [1.54, 1.807) is 0 Å². The Labute approximate surface area is 98.6 Å². The fraction of sp³-hybridized carbons (Fsp3) is 1.00. The minimum Gasteiger partial charge on any atom is -0.381 e. The van der Waals surface area contributed by atoms with Crippen molar-refractivity contribution >= 4 is 10.0 Å². The first-order valence-corrected chi connectivity index (χ1v) is 7.58. The highest BCUT2D eigenvalue weighted by Crippen LogP contribution is 2.25. The van der Waals surface area contributed by atoms with Crippen LogP contribution in [0.4, 0.5) is 0 Å². The molecule has 16 heavy (non-hydrogen) atoms. The molecule has 1 aliphatic rings. The van der Waals surface area contributed by atoms with Crippen LogP contribution in [0, 0.1) is 11.3 Å². The zero-order chi connectivity index (χ0) is 12.2. The molecular formula is C11H23NO3S. The monoisotopic (exact) mass is 249 g/mol. The predicted octanol–water partition coefficient (Wildman–Crippen LogP) is 1.51. The minimum atomic E-state index is -3.41. The Morgan fingerprint density at radius 1 is 1.31 bits per heavy atom. The Balaban J connectivity index is 2.24. The summed E-state index contributed by atoms with van der Waals surface area (Å²) in [5.74, 6) is 0.648. The molecule has 96 valence electrons. The van der Waals surface area contributed by atoms with Crippen LogP contribution in [0.3, 0.4) is 0 Å². The first-order chi connectivity index (χ1) is 7.29. The number of rotatable bonds is 6. The molecule has 0 amide bonds. The van der Waals surface area contributed by atoms with Crippen molar-refractivity contribution in [3.8, 4) is 0 Å². The Bertz CT molecular complexity index is 305. The number of primary sulfonamides is 1. The number of nitrogens with two attached hydrogens (primary N) is 1. The fourth-order valence-corrected chi connectivity index (χ4v) is 3.44. The molecule has 1 aliphatic carbocycles. The second kappa shape index (κ2) is 5.47. The SMILES string of the molecule is CC(C)(COCC1CCCC1)CS(N)(=O)=O. The standard InChI is InChI=1S/C11H23NO3S/c1-11(2,9-16(12,13)14)8-15-7-10-5-3-4-6-10/h10H,3-9H2,1-2H3,(H2,12,13,14). The maximum atomic E-state index is 11.0. The van der Waals surface area contributed by atoms with Gasteiger partial charge in [-0.25, -0.2) is 13.6 Å². The summed E-state index contributed by atoms with van der Waals surface area (Å²) in [6.07, 6.45) is 5.09. The third-order valence-electron chi connectivity index (χ3n) is 2.91. The van der Waals surface area contributed by atoms with Gasteiger partial charge in [0.05, 0.1) is 12.4 Å². The highest BCUT2D eigenvalue weighted by Gasteiger charge is 2.25. The molecule has 0 radical (unpaired) electrons. The van der Waals surface area contributed by atoms with Gasteiger partial charge in [-0.05, 0) is 18.8 Å². The summed E-state index contributed by atoms with van der Waals surface area (Å²) < 4.78 is 27.6. The van der Waals surface area contributed by atoms with Gasteiger partial charge in [-0.2, -0.15) is 0 Å². The first-order valence-electron chi connectivity index (χ1n) is 5.87. The lowest BCUT2D eigenvalue weighted by molar-refractivity contribution is 0.0501. The summed E-state index contributed by atoms with van der Waals surface area (Å²) in [7, 11) is -3.41. The average Bonchev–Trinajstić information content (AvgIpc) is 2.51. The van der Waals surface area contributed by atoms with Crippen LogP contribution in [0.1, 0.15) is 39.5 Å². The number of hydrogen-bond acceptors (Lipinski definition) is 3. The van der Waals surface area contributed by atoms with Crippen LogP contribution in [-0.2, 0) is 14.8 Å². The number of ether oxygens (including phenoxy) is 1. The zero-order valence-electron chi connectivity index (χ0n) is 10.2. The minimum absolute atomic E-state index is 0.0231. The Hall–Kier alpha value is -0.130. The second-order valence-electron chi connectivity index (χ2n) is 5.64. The van der Waals surface area contributed by atoms with Crippen molar-refractivity contribution in [2.24, 2.45) is 16.5 Å². The third-order valence-corrected chi connectivity index (χ3v) is 4.10. The molecule has 0 aliphatic heterocycles. The quantitative estimate of drug-likeness (QED) is 0.775. The van der Waals surface area contributed by atoms with Gasteiger partial charge in [-0.3, -0.25) is 0 Å². The van der Waals surface area contributed by atoms with Gasteiger partial charge in [0.25, 0.3) is 0 Å². The molecule has 0 atom stereocenters. The largest absolute Gasteiger partial charge is 0.381 e. The van der Waals surface area contributed by atoms with Crippen LogP contribution in [0.2, 0.25) is 0 Å². The van der Waals surface area contributed by atoms with Crippen LogP contribution in [0.15, 0.2) is 0 Å². The molecule has 1 fully saturated rings. The molecule has 4 nitrogen and oxygen atoms in total. The van der Waals surface area contributed by atoms with E-state index < -0.39 is 15.4 Å². The van der Waals surface area contributed by atoms with Gasteiger partial charge < -0.3 is 4.74 Å². The van der Waals surface area contributed by atoms with E-state index in [4.69, 9.17) is 9.88 Å². The topological polar surface area (TPSA) is 69.4 Å². The van der Waals surface area contributed by atoms with Crippen LogP contribution in [0.5, 0.6) is 0 Å². The van der Waals surface area contributed by atoms with Gasteiger partial charge in [-0.15, -0.1) is 0 Å². The van der Waals surface area contributed by atoms with Crippen molar-refractivity contribution in [1.82, 2.24) is 0 Å². The smallest absolute Gasteiger partial charge is 0.209 e. The van der Waals surface area contributed by atoms with Gasteiger partial charge in [-0.1, -0.05) is 26.7 Å². The van der Waals surface area contributed by atoms with Crippen LogP contribution >= 0.6 is 0 Å². The van der Waals surface area contributed by atoms with Crippen LogP contribution < -0.4 is 5.14 Å². The summed E-state index contributed by atoms with van der Waals surface area (Å²) in [6, 6.07) is 0. The van der Waals surface area contributed by atoms with Crippen molar-refractivity contribution in [2.45, 2.75) is 39.5 Å². The normalized spacial score (nSPS) is 19.2. The van der Waals surface area contributed by atoms with Gasteiger partial charge in [0.15, 0.2) is 0 Å². The highest BCUT2D eigenvalue weighted by atomic mass is 32.2. The van der Waals surface area contributed by atoms with Crippen molar-refractivity contribution in [1.29, 1.82) is 0 Å². The first kappa shape index (κ1) is 13.9. The molecule has 2 N–H and O–H groups in total. The van der Waals surface area contributed by atoms with E-state index in [1.165, 1.54) is 25.7 Å². The number of sulfonamides is 1. The van der Waals surface area contributed by atoms with Crippen molar-refractivity contribution in [2.75, 3.05) is 19.0 Å². The van der Waals surface area contributed by atoms with Gasteiger partial charge in [0.1, 0.15) is 0 Å². The molecule has 0 aromatic carbocycles. The molecule has 1 rings (SSSR count). The summed E-state index contributed by atoms with van der Waals surface area (Å²) >= 11 is 0. The molecule has 0 aromatic heterocycles. The van der Waals surface area contributed by atoms with E-state index in [2.05, 4.69) is 0 Å². The van der Waals surface area contributed by atoms with E-state index in [9.17, 15) is 8.42 Å². The van der Waals surface area contributed by atoms with E-state index in [-0.39, 0.29) is 5.75 Å². The molecule has 0 heterocycles. The van der Waals surface area contributed by atoms with Crippen LogP contribution in [-0.4, -0.2) is 27.4 Å². The predicted molar refractivity (Wildman–Crippen MR) is 64.5 cm³/mol. The van der Waals surface area contributed by atoms with Gasteiger partial charge in [0.2, 0.25) is 10.0 Å². The van der Waals surface area contributed by atoms with Crippen molar-refractivity contribution in [3.05, 3.63) is 0 Å². The zero-order valence-corrected chi connectivity index (χ0v) is 11.1. The molecule has 0 bridgehead atoms. The van der Waals surface area contributed by atoms with E-state index in [0.717, 1.165) is 6.61 Å². The lowest BCUT2D eigenvalue weighted by atomic mass is 9.98. The summed E-state index contributed by atoms with van der Waals surface area (Å²) in [4.78, 5) is 0. The maximum absolute atomic E-state index is 11.0. The molecule has 0 unspecified atom stereocenters. The average molecular weight is 249 g/mol. The molecular weight excluding hydrogens is 226 g/mol. The summed E-state index contributed by atoms with van der Waals surface area (Å²) in [5, 5.41) is 5.03. The second-order valence-corrected chi connectivity index (χ2v) is 7.25. The number of hydrogen-bond donors (Lipinski definition) is 1. The molecule has 0 spiro atoms. The van der Waals surface area contributed by atoms with Gasteiger partial charge >= 0.3 is 0 Å². The lowest BCUT2D eigenvalue weighted by Gasteiger charge is -2.23. The van der Waals surface area contributed by atoms with Crippen molar-refractivity contribution < 1.29 is 13.2 Å².